The lowest BCUT2D eigenvalue weighted by molar-refractivity contribution is -0.115. The van der Waals surface area contributed by atoms with Crippen molar-refractivity contribution < 1.29 is 13.2 Å². The van der Waals surface area contributed by atoms with E-state index in [1.807, 2.05) is 35.7 Å². The van der Waals surface area contributed by atoms with Gasteiger partial charge in [0.15, 0.2) is 0 Å². The number of fused-ring (bicyclic) bond motifs is 1. The third-order valence-electron chi connectivity index (χ3n) is 4.47. The number of rotatable bonds is 5. The van der Waals surface area contributed by atoms with Gasteiger partial charge in [0.05, 0.1) is 6.42 Å². The number of carbonyl (C=O) groups is 1. The van der Waals surface area contributed by atoms with Crippen LogP contribution in [-0.2, 0) is 34.2 Å². The topological polar surface area (TPSA) is 66.5 Å². The highest BCUT2D eigenvalue weighted by atomic mass is 32.2. The van der Waals surface area contributed by atoms with Crippen molar-refractivity contribution in [1.29, 1.82) is 0 Å². The fourth-order valence-electron chi connectivity index (χ4n) is 3.13. The summed E-state index contributed by atoms with van der Waals surface area (Å²) in [5, 5.41) is 6.63. The number of carbonyl (C=O) groups excluding carboxylic acids is 1. The van der Waals surface area contributed by atoms with Gasteiger partial charge < -0.3 is 5.32 Å². The predicted octanol–water partition coefficient (Wildman–Crippen LogP) is 3.74. The van der Waals surface area contributed by atoms with Gasteiger partial charge in [0.25, 0.3) is 10.0 Å². The normalized spacial score (nSPS) is 14.7. The molecule has 0 unspecified atom stereocenters. The van der Waals surface area contributed by atoms with Crippen LogP contribution in [0.4, 0.5) is 5.69 Å². The summed E-state index contributed by atoms with van der Waals surface area (Å²) in [6.07, 6.45) is 1.01. The molecule has 8 heteroatoms. The number of nitrogens with one attached hydrogen (secondary N) is 1. The van der Waals surface area contributed by atoms with Crippen molar-refractivity contribution >= 4 is 44.3 Å². The molecule has 3 aromatic rings. The van der Waals surface area contributed by atoms with Gasteiger partial charge in [-0.3, -0.25) is 4.79 Å². The van der Waals surface area contributed by atoms with Gasteiger partial charge in [-0.05, 0) is 52.6 Å². The maximum absolute atomic E-state index is 12.8. The molecule has 0 bridgehead atoms. The molecule has 0 saturated carbocycles. The highest BCUT2D eigenvalue weighted by Crippen LogP contribution is 2.28. The lowest BCUT2D eigenvalue weighted by Crippen LogP contribution is -2.35. The molecule has 4 rings (SSSR count). The number of anilines is 1. The highest BCUT2D eigenvalue weighted by molar-refractivity contribution is 7.91. The minimum atomic E-state index is -3.47. The first-order valence-corrected chi connectivity index (χ1v) is 11.7. The van der Waals surface area contributed by atoms with E-state index in [2.05, 4.69) is 5.32 Å². The third kappa shape index (κ3) is 3.98. The second-order valence-electron chi connectivity index (χ2n) is 6.31. The summed E-state index contributed by atoms with van der Waals surface area (Å²) in [6, 6.07) is 13.0. The number of nitrogens with zero attached hydrogens (tertiary/aromatic N) is 1. The summed E-state index contributed by atoms with van der Waals surface area (Å²) in [7, 11) is -3.47. The molecular formula is C19H18N2O3S3. The van der Waals surface area contributed by atoms with Crippen molar-refractivity contribution in [1.82, 2.24) is 4.31 Å². The zero-order chi connectivity index (χ0) is 18.9. The van der Waals surface area contributed by atoms with E-state index in [9.17, 15) is 13.2 Å². The van der Waals surface area contributed by atoms with E-state index >= 15 is 0 Å². The van der Waals surface area contributed by atoms with Crippen molar-refractivity contribution in [2.75, 3.05) is 11.9 Å². The van der Waals surface area contributed by atoms with Crippen LogP contribution in [0.15, 0.2) is 57.4 Å². The van der Waals surface area contributed by atoms with Gasteiger partial charge >= 0.3 is 0 Å². The van der Waals surface area contributed by atoms with E-state index in [0.29, 0.717) is 35.8 Å². The van der Waals surface area contributed by atoms with E-state index in [1.54, 1.807) is 28.8 Å². The quantitative estimate of drug-likeness (QED) is 0.686. The molecule has 1 aliphatic rings. The molecule has 1 aliphatic heterocycles. The monoisotopic (exact) mass is 418 g/mol. The van der Waals surface area contributed by atoms with Gasteiger partial charge in [0.1, 0.15) is 4.21 Å². The van der Waals surface area contributed by atoms with Crippen molar-refractivity contribution in [3.05, 3.63) is 69.2 Å². The lowest BCUT2D eigenvalue weighted by atomic mass is 10.0. The van der Waals surface area contributed by atoms with Gasteiger partial charge in [0, 0.05) is 23.7 Å². The van der Waals surface area contributed by atoms with Gasteiger partial charge in [-0.25, -0.2) is 8.42 Å². The van der Waals surface area contributed by atoms with E-state index < -0.39 is 10.0 Å². The molecule has 5 nitrogen and oxygen atoms in total. The van der Waals surface area contributed by atoms with Crippen LogP contribution in [0, 0.1) is 0 Å². The third-order valence-corrected chi connectivity index (χ3v) is 8.57. The number of thiophene rings is 2. The van der Waals surface area contributed by atoms with E-state index in [0.717, 1.165) is 16.0 Å². The van der Waals surface area contributed by atoms with Crippen LogP contribution in [0.3, 0.4) is 0 Å². The van der Waals surface area contributed by atoms with Crippen molar-refractivity contribution in [3.8, 4) is 0 Å². The fraction of sp³-hybridized carbons (Fsp3) is 0.211. The molecular weight excluding hydrogens is 400 g/mol. The Morgan fingerprint density at radius 3 is 2.63 bits per heavy atom. The number of sulfonamides is 1. The standard InChI is InChI=1S/C19H18N2O3S3/c22-18(12-17-3-1-9-25-17)20-16-6-5-14-7-8-21(13-15(14)11-16)27(23,24)19-4-2-10-26-19/h1-6,9-11H,7-8,12-13H2,(H,20,22). The average Bonchev–Trinajstić information content (AvgIpc) is 3.35. The number of hydrogen-bond donors (Lipinski definition) is 1. The second-order valence-corrected chi connectivity index (χ2v) is 10.5. The van der Waals surface area contributed by atoms with Crippen LogP contribution >= 0.6 is 22.7 Å². The average molecular weight is 419 g/mol. The van der Waals surface area contributed by atoms with E-state index in [-0.39, 0.29) is 5.91 Å². The first kappa shape index (κ1) is 18.4. The van der Waals surface area contributed by atoms with Crippen LogP contribution in [-0.4, -0.2) is 25.2 Å². The van der Waals surface area contributed by atoms with Crippen LogP contribution < -0.4 is 5.32 Å². The molecule has 0 saturated heterocycles. The Hall–Kier alpha value is -2.00. The molecule has 1 N–H and O–H groups in total. The number of benzene rings is 1. The summed E-state index contributed by atoms with van der Waals surface area (Å²) >= 11 is 2.79. The fourth-order valence-corrected chi connectivity index (χ4v) is 6.40. The molecule has 0 spiro atoms. The summed E-state index contributed by atoms with van der Waals surface area (Å²) in [5.41, 5.74) is 2.77. The maximum Gasteiger partial charge on any atom is 0.252 e. The number of amides is 1. The first-order valence-electron chi connectivity index (χ1n) is 8.50. The molecule has 2 aromatic heterocycles. The predicted molar refractivity (Wildman–Crippen MR) is 109 cm³/mol. The Labute approximate surface area is 166 Å². The molecule has 3 heterocycles. The summed E-state index contributed by atoms with van der Waals surface area (Å²) < 4.78 is 27.4. The minimum Gasteiger partial charge on any atom is -0.326 e. The van der Waals surface area contributed by atoms with Crippen molar-refractivity contribution in [2.24, 2.45) is 0 Å². The lowest BCUT2D eigenvalue weighted by Gasteiger charge is -2.28. The van der Waals surface area contributed by atoms with Crippen LogP contribution in [0.1, 0.15) is 16.0 Å². The SMILES string of the molecule is O=C(Cc1cccs1)Nc1ccc2c(c1)CN(S(=O)(=O)c1cccs1)CC2. The smallest absolute Gasteiger partial charge is 0.252 e. The molecule has 1 aromatic carbocycles. The van der Waals surface area contributed by atoms with Crippen molar-refractivity contribution in [3.63, 3.8) is 0 Å². The second kappa shape index (κ2) is 7.55. The highest BCUT2D eigenvalue weighted by Gasteiger charge is 2.29. The Morgan fingerprint density at radius 1 is 1.07 bits per heavy atom. The van der Waals surface area contributed by atoms with Crippen LogP contribution in [0.2, 0.25) is 0 Å². The minimum absolute atomic E-state index is 0.0729. The molecule has 1 amide bonds. The largest absolute Gasteiger partial charge is 0.326 e. The van der Waals surface area contributed by atoms with Gasteiger partial charge in [-0.15, -0.1) is 22.7 Å². The Kier molecular flexibility index (Phi) is 5.14. The summed E-state index contributed by atoms with van der Waals surface area (Å²) in [5.74, 6) is -0.0729. The molecule has 140 valence electrons. The Balaban J connectivity index is 1.50. The zero-order valence-electron chi connectivity index (χ0n) is 14.4. The molecule has 0 aliphatic carbocycles. The Morgan fingerprint density at radius 2 is 1.89 bits per heavy atom. The zero-order valence-corrected chi connectivity index (χ0v) is 16.9. The van der Waals surface area contributed by atoms with Gasteiger partial charge in [-0.2, -0.15) is 4.31 Å². The maximum atomic E-state index is 12.8. The first-order chi connectivity index (χ1) is 13.0. The molecule has 0 radical (unpaired) electrons. The number of hydrogen-bond acceptors (Lipinski definition) is 5. The van der Waals surface area contributed by atoms with Crippen molar-refractivity contribution in [2.45, 2.75) is 23.6 Å². The molecule has 27 heavy (non-hydrogen) atoms. The van der Waals surface area contributed by atoms with Gasteiger partial charge in [-0.1, -0.05) is 18.2 Å². The van der Waals surface area contributed by atoms with E-state index in [4.69, 9.17) is 0 Å². The van der Waals surface area contributed by atoms with E-state index in [1.165, 1.54) is 15.6 Å². The molecule has 0 atom stereocenters. The summed E-state index contributed by atoms with van der Waals surface area (Å²) in [6.45, 7) is 0.793. The van der Waals surface area contributed by atoms with Gasteiger partial charge in [0.2, 0.25) is 5.91 Å². The van der Waals surface area contributed by atoms with Crippen LogP contribution in [0.25, 0.3) is 0 Å². The summed E-state index contributed by atoms with van der Waals surface area (Å²) in [4.78, 5) is 13.2. The van der Waals surface area contributed by atoms with Crippen LogP contribution in [0.5, 0.6) is 0 Å². The molecule has 0 fully saturated rings. The Bertz CT molecular complexity index is 1040.